The van der Waals surface area contributed by atoms with Crippen LogP contribution in [0.2, 0.25) is 5.15 Å². The van der Waals surface area contributed by atoms with Crippen LogP contribution in [-0.4, -0.2) is 32.4 Å². The minimum atomic E-state index is -0.231. The van der Waals surface area contributed by atoms with Crippen molar-refractivity contribution in [2.75, 3.05) is 16.8 Å². The molecule has 0 saturated heterocycles. The molecule has 212 valence electrons. The highest BCUT2D eigenvalue weighted by molar-refractivity contribution is 9.10. The third kappa shape index (κ3) is 8.50. The van der Waals surface area contributed by atoms with E-state index in [1.807, 2.05) is 30.9 Å². The minimum Gasteiger partial charge on any atom is -0.358 e. The van der Waals surface area contributed by atoms with E-state index >= 15 is 0 Å². The molecule has 0 spiro atoms. The van der Waals surface area contributed by atoms with Crippen LogP contribution in [0.5, 0.6) is 0 Å². The van der Waals surface area contributed by atoms with Crippen molar-refractivity contribution in [1.29, 1.82) is 0 Å². The predicted molar refractivity (Wildman–Crippen MR) is 164 cm³/mol. The maximum absolute atomic E-state index is 12.1. The fraction of sp³-hybridized carbons (Fsp3) is 0.429. The lowest BCUT2D eigenvalue weighted by Crippen LogP contribution is -2.19. The normalized spacial score (nSPS) is 11.1. The summed E-state index contributed by atoms with van der Waals surface area (Å²) in [6.45, 7) is 8.44. The van der Waals surface area contributed by atoms with E-state index < -0.39 is 0 Å². The first-order valence-electron chi connectivity index (χ1n) is 13.3. The van der Waals surface area contributed by atoms with Gasteiger partial charge in [0.15, 0.2) is 16.8 Å². The Labute approximate surface area is 248 Å². The summed E-state index contributed by atoms with van der Waals surface area (Å²) in [6, 6.07) is 14.3. The molecule has 0 aliphatic rings. The number of nitrogens with two attached hydrogens (primary N) is 1. The number of benzene rings is 1. The highest BCUT2D eigenvalue weighted by atomic mass is 79.9. The fourth-order valence-electron chi connectivity index (χ4n) is 3.99. The number of nitrogens with one attached hydrogen (secondary N) is 1. The summed E-state index contributed by atoms with van der Waals surface area (Å²) in [5, 5.41) is 24.8. The number of aromatic nitrogens is 4. The summed E-state index contributed by atoms with van der Waals surface area (Å²) in [5.41, 5.74) is 8.12. The topological polar surface area (TPSA) is 127 Å². The quantitative estimate of drug-likeness (QED) is 0.0868. The van der Waals surface area contributed by atoms with E-state index in [4.69, 9.17) is 17.3 Å². The lowest BCUT2D eigenvalue weighted by molar-refractivity contribution is -0.114. The Balaban J connectivity index is 1.94. The van der Waals surface area contributed by atoms with Crippen molar-refractivity contribution < 1.29 is 4.79 Å². The second-order valence-corrected chi connectivity index (χ2v) is 10.7. The first-order valence-corrected chi connectivity index (χ1v) is 14.5. The van der Waals surface area contributed by atoms with Gasteiger partial charge in [-0.1, -0.05) is 64.5 Å². The largest absolute Gasteiger partial charge is 0.358 e. The average Bonchev–Trinajstić information content (AvgIpc) is 3.25. The van der Waals surface area contributed by atoms with Crippen molar-refractivity contribution >= 4 is 56.3 Å². The van der Waals surface area contributed by atoms with E-state index in [-0.39, 0.29) is 17.0 Å². The zero-order chi connectivity index (χ0) is 29.1. The van der Waals surface area contributed by atoms with Crippen LogP contribution in [0.1, 0.15) is 77.8 Å². The van der Waals surface area contributed by atoms with Gasteiger partial charge in [0.05, 0.1) is 21.5 Å². The number of carbonyl (C=O) groups is 1. The summed E-state index contributed by atoms with van der Waals surface area (Å²) in [7, 11) is 0. The van der Waals surface area contributed by atoms with Crippen molar-refractivity contribution in [2.45, 2.75) is 72.1 Å². The molecule has 3 N–H and O–H groups in total. The van der Waals surface area contributed by atoms with Crippen molar-refractivity contribution in [2.24, 2.45) is 16.0 Å². The number of halogens is 2. The van der Waals surface area contributed by atoms with E-state index in [1.54, 1.807) is 22.9 Å². The molecule has 0 bridgehead atoms. The highest BCUT2D eigenvalue weighted by Gasteiger charge is 2.20. The van der Waals surface area contributed by atoms with Crippen LogP contribution in [0.4, 0.5) is 22.9 Å². The number of anilines is 2. The van der Waals surface area contributed by atoms with Crippen molar-refractivity contribution in [3.63, 3.8) is 0 Å². The standard InChI is InChI=1S/C28H35BrClN9O/c1-5-6-7-8-9-10-16-38(17-15-31)21-11-12-22(23(18-21)32-20(4)40)33-36-28-26(29)27(19(2)3)37-39(28)25-14-13-24(30)34-35-25/h11-14,18-19H,5-10,16,31H2,1-4H3,(H,32,40). The maximum Gasteiger partial charge on any atom is 0.221 e. The van der Waals surface area contributed by atoms with Crippen LogP contribution in [0, 0.1) is 12.1 Å². The first kappa shape index (κ1) is 31.0. The molecule has 1 amide bonds. The Morgan fingerprint density at radius 3 is 2.55 bits per heavy atom. The van der Waals surface area contributed by atoms with Crippen LogP contribution in [0.3, 0.4) is 0 Å². The fourth-order valence-corrected chi connectivity index (χ4v) is 4.88. The monoisotopic (exact) mass is 627 g/mol. The number of hydrogen-bond acceptors (Lipinski definition) is 8. The van der Waals surface area contributed by atoms with Crippen molar-refractivity contribution in [3.8, 4) is 17.9 Å². The Kier molecular flexibility index (Phi) is 11.9. The molecular weight excluding hydrogens is 594 g/mol. The molecule has 0 aliphatic heterocycles. The summed E-state index contributed by atoms with van der Waals surface area (Å²) < 4.78 is 2.24. The van der Waals surface area contributed by atoms with Gasteiger partial charge in [-0.15, -0.1) is 20.4 Å². The molecule has 0 atom stereocenters. The van der Waals surface area contributed by atoms with Gasteiger partial charge in [0.25, 0.3) is 0 Å². The predicted octanol–water partition coefficient (Wildman–Crippen LogP) is 7.62. The molecule has 3 aromatic rings. The summed E-state index contributed by atoms with van der Waals surface area (Å²) in [4.78, 5) is 13.9. The van der Waals surface area contributed by atoms with E-state index in [1.165, 1.54) is 32.6 Å². The third-order valence-electron chi connectivity index (χ3n) is 6.00. The van der Waals surface area contributed by atoms with Gasteiger partial charge in [-0.2, -0.15) is 9.78 Å². The smallest absolute Gasteiger partial charge is 0.221 e. The van der Waals surface area contributed by atoms with Gasteiger partial charge < -0.3 is 11.1 Å². The first-order chi connectivity index (χ1) is 19.2. The number of rotatable bonds is 13. The molecule has 10 nitrogen and oxygen atoms in total. The highest BCUT2D eigenvalue weighted by Crippen LogP contribution is 2.37. The van der Waals surface area contributed by atoms with Gasteiger partial charge in [-0.05, 0) is 58.6 Å². The minimum absolute atomic E-state index is 0.111. The molecule has 3 rings (SSSR count). The molecule has 0 aliphatic carbocycles. The molecular formula is C28H35BrClN9O. The number of hydrogen-bond donors (Lipinski definition) is 2. The van der Waals surface area contributed by atoms with Gasteiger partial charge in [0, 0.05) is 25.6 Å². The van der Waals surface area contributed by atoms with Crippen LogP contribution in [-0.2, 0) is 4.79 Å². The molecule has 2 aromatic heterocycles. The van der Waals surface area contributed by atoms with Gasteiger partial charge >= 0.3 is 0 Å². The average molecular weight is 629 g/mol. The molecule has 40 heavy (non-hydrogen) atoms. The lowest BCUT2D eigenvalue weighted by Gasteiger charge is -2.19. The Morgan fingerprint density at radius 1 is 1.15 bits per heavy atom. The zero-order valence-corrected chi connectivity index (χ0v) is 25.6. The molecule has 0 saturated carbocycles. The lowest BCUT2D eigenvalue weighted by atomic mass is 10.1. The van der Waals surface area contributed by atoms with E-state index in [0.717, 1.165) is 30.8 Å². The van der Waals surface area contributed by atoms with Crippen LogP contribution in [0.15, 0.2) is 45.0 Å². The van der Waals surface area contributed by atoms with Crippen LogP contribution >= 0.6 is 27.5 Å². The van der Waals surface area contributed by atoms with Gasteiger partial charge in [-0.25, -0.2) is 0 Å². The SMILES string of the molecule is CCCCCCCCN(C#CN)c1ccc(N=Nc2c(Br)c(C(C)C)nn2-c2ccc(Cl)nn2)c(NC(C)=O)c1. The van der Waals surface area contributed by atoms with Gasteiger partial charge in [0.2, 0.25) is 5.91 Å². The number of unbranched alkanes of at least 4 members (excludes halogenated alkanes) is 5. The number of nitrogens with zero attached hydrogens (tertiary/aromatic N) is 7. The Bertz CT molecular complexity index is 1380. The van der Waals surface area contributed by atoms with Crippen LogP contribution in [0.25, 0.3) is 5.82 Å². The number of azo groups is 1. The Morgan fingerprint density at radius 2 is 1.90 bits per heavy atom. The second kappa shape index (κ2) is 15.3. The van der Waals surface area contributed by atoms with Crippen LogP contribution < -0.4 is 16.0 Å². The molecule has 12 heteroatoms. The summed E-state index contributed by atoms with van der Waals surface area (Å²) in [5.74, 6) is 0.747. The van der Waals surface area contributed by atoms with Crippen molar-refractivity contribution in [1.82, 2.24) is 20.0 Å². The Hall–Kier alpha value is -3.49. The maximum atomic E-state index is 12.1. The van der Waals surface area contributed by atoms with E-state index in [9.17, 15) is 4.79 Å². The van der Waals surface area contributed by atoms with Gasteiger partial charge in [-0.3, -0.25) is 9.69 Å². The summed E-state index contributed by atoms with van der Waals surface area (Å²) >= 11 is 9.55. The molecule has 0 unspecified atom stereocenters. The molecule has 0 fully saturated rings. The third-order valence-corrected chi connectivity index (χ3v) is 6.96. The van der Waals surface area contributed by atoms with E-state index in [0.29, 0.717) is 27.5 Å². The summed E-state index contributed by atoms with van der Waals surface area (Å²) in [6.07, 6.45) is 7.01. The van der Waals surface area contributed by atoms with Crippen molar-refractivity contribution in [3.05, 3.63) is 45.7 Å². The second-order valence-electron chi connectivity index (χ2n) is 9.56. The number of carbonyl (C=O) groups excluding carboxylic acids is 1. The molecule has 2 heterocycles. The van der Waals surface area contributed by atoms with Gasteiger partial charge in [0.1, 0.15) is 5.69 Å². The molecule has 0 radical (unpaired) electrons. The molecule has 1 aromatic carbocycles. The zero-order valence-electron chi connectivity index (χ0n) is 23.3. The number of amides is 1. The van der Waals surface area contributed by atoms with E-state index in [2.05, 4.69) is 65.8 Å².